The molecule has 0 aromatic heterocycles. The Morgan fingerprint density at radius 2 is 2.07 bits per heavy atom. The van der Waals surface area contributed by atoms with Crippen LogP contribution in [0.3, 0.4) is 0 Å². The van der Waals surface area contributed by atoms with Crippen LogP contribution in [-0.2, 0) is 6.42 Å². The minimum absolute atomic E-state index is 0.177. The van der Waals surface area contributed by atoms with Gasteiger partial charge in [0.05, 0.1) is 0 Å². The van der Waals surface area contributed by atoms with Crippen molar-refractivity contribution in [2.24, 2.45) is 0 Å². The average molecular weight is 204 g/mol. The molecule has 0 spiro atoms. The fourth-order valence-corrected chi connectivity index (χ4v) is 1.07. The second-order valence-electron chi connectivity index (χ2n) is 3.24. The summed E-state index contributed by atoms with van der Waals surface area (Å²) < 4.78 is 38.6. The Labute approximate surface area is 80.2 Å². The van der Waals surface area contributed by atoms with Gasteiger partial charge in [-0.3, -0.25) is 0 Å². The van der Waals surface area contributed by atoms with E-state index < -0.39 is 24.3 Å². The summed E-state index contributed by atoms with van der Waals surface area (Å²) >= 11 is 0. The second-order valence-corrected chi connectivity index (χ2v) is 3.24. The average Bonchev–Trinajstić information content (AvgIpc) is 2.02. The van der Waals surface area contributed by atoms with E-state index in [1.165, 1.54) is 18.2 Å². The molecular weight excluding hydrogens is 193 g/mol. The number of aliphatic hydroxyl groups excluding tert-OH is 1. The van der Waals surface area contributed by atoms with E-state index in [9.17, 15) is 13.2 Å². The Morgan fingerprint density at radius 1 is 1.43 bits per heavy atom. The van der Waals surface area contributed by atoms with Crippen molar-refractivity contribution in [3.05, 3.63) is 35.6 Å². The summed E-state index contributed by atoms with van der Waals surface area (Å²) in [5, 5.41) is 8.77. The lowest BCUT2D eigenvalue weighted by atomic mass is 10.0. The summed E-state index contributed by atoms with van der Waals surface area (Å²) in [5.74, 6) is -3.77. The van der Waals surface area contributed by atoms with Gasteiger partial charge in [-0.05, 0) is 24.6 Å². The number of alkyl halides is 2. The highest BCUT2D eigenvalue weighted by atomic mass is 19.3. The molecule has 0 aliphatic carbocycles. The standard InChI is InChI=1S/C10H11F3O/c1-7(14)10(12,13)6-8-3-2-4-9(11)5-8/h2-5,7,14H,6H2,1H3. The zero-order valence-electron chi connectivity index (χ0n) is 7.67. The Morgan fingerprint density at radius 3 is 2.57 bits per heavy atom. The summed E-state index contributed by atoms with van der Waals surface area (Å²) in [6, 6.07) is 4.99. The van der Waals surface area contributed by atoms with Gasteiger partial charge in [0.2, 0.25) is 0 Å². The Hall–Kier alpha value is -1.03. The van der Waals surface area contributed by atoms with Crippen LogP contribution in [0, 0.1) is 5.82 Å². The van der Waals surface area contributed by atoms with Crippen molar-refractivity contribution in [2.45, 2.75) is 25.4 Å². The summed E-state index contributed by atoms with van der Waals surface area (Å²) in [6.07, 6.45) is -2.38. The normalized spacial score (nSPS) is 14.1. The molecule has 0 radical (unpaired) electrons. The molecule has 1 aromatic rings. The minimum atomic E-state index is -3.21. The van der Waals surface area contributed by atoms with Crippen molar-refractivity contribution in [3.8, 4) is 0 Å². The molecular formula is C10H11F3O. The largest absolute Gasteiger partial charge is 0.387 e. The SMILES string of the molecule is CC(O)C(F)(F)Cc1cccc(F)c1. The van der Waals surface area contributed by atoms with E-state index in [1.807, 2.05) is 0 Å². The van der Waals surface area contributed by atoms with E-state index >= 15 is 0 Å². The molecule has 14 heavy (non-hydrogen) atoms. The Bertz CT molecular complexity index is 310. The van der Waals surface area contributed by atoms with Crippen molar-refractivity contribution >= 4 is 0 Å². The Balaban J connectivity index is 2.78. The molecule has 0 heterocycles. The third-order valence-corrected chi connectivity index (χ3v) is 1.94. The van der Waals surface area contributed by atoms with Gasteiger partial charge in [-0.15, -0.1) is 0 Å². The fourth-order valence-electron chi connectivity index (χ4n) is 1.07. The summed E-state index contributed by atoms with van der Waals surface area (Å²) in [4.78, 5) is 0. The molecule has 0 saturated carbocycles. The van der Waals surface area contributed by atoms with Crippen LogP contribution in [0.2, 0.25) is 0 Å². The first-order valence-electron chi connectivity index (χ1n) is 4.22. The van der Waals surface area contributed by atoms with Crippen LogP contribution in [0.15, 0.2) is 24.3 Å². The van der Waals surface area contributed by atoms with Crippen LogP contribution >= 0.6 is 0 Å². The number of hydrogen-bond acceptors (Lipinski definition) is 1. The van der Waals surface area contributed by atoms with Crippen molar-refractivity contribution < 1.29 is 18.3 Å². The first kappa shape index (κ1) is 11.0. The third kappa shape index (κ3) is 2.73. The van der Waals surface area contributed by atoms with Gasteiger partial charge in [0, 0.05) is 6.42 Å². The smallest absolute Gasteiger partial charge is 0.277 e. The highest BCUT2D eigenvalue weighted by molar-refractivity contribution is 5.18. The molecule has 0 fully saturated rings. The molecule has 0 amide bonds. The highest BCUT2D eigenvalue weighted by Gasteiger charge is 2.35. The first-order valence-corrected chi connectivity index (χ1v) is 4.22. The molecule has 1 aromatic carbocycles. The first-order chi connectivity index (χ1) is 6.42. The lowest BCUT2D eigenvalue weighted by Gasteiger charge is -2.19. The van der Waals surface area contributed by atoms with E-state index in [0.717, 1.165) is 13.0 Å². The topological polar surface area (TPSA) is 20.2 Å². The van der Waals surface area contributed by atoms with Crippen molar-refractivity contribution in [1.82, 2.24) is 0 Å². The third-order valence-electron chi connectivity index (χ3n) is 1.94. The van der Waals surface area contributed by atoms with E-state index in [2.05, 4.69) is 0 Å². The van der Waals surface area contributed by atoms with Gasteiger partial charge in [0.1, 0.15) is 11.9 Å². The molecule has 4 heteroatoms. The predicted octanol–water partition coefficient (Wildman–Crippen LogP) is 2.38. The number of halogens is 3. The molecule has 0 aliphatic heterocycles. The van der Waals surface area contributed by atoms with Gasteiger partial charge in [0.25, 0.3) is 5.92 Å². The Kier molecular flexibility index (Phi) is 3.16. The van der Waals surface area contributed by atoms with Gasteiger partial charge in [-0.25, -0.2) is 13.2 Å². The summed E-state index contributed by atoms with van der Waals surface area (Å²) in [5.41, 5.74) is 0.177. The lowest BCUT2D eigenvalue weighted by molar-refractivity contribution is -0.0982. The highest BCUT2D eigenvalue weighted by Crippen LogP contribution is 2.24. The van der Waals surface area contributed by atoms with E-state index in [4.69, 9.17) is 5.11 Å². The maximum Gasteiger partial charge on any atom is 0.277 e. The molecule has 0 aliphatic rings. The summed E-state index contributed by atoms with van der Waals surface area (Å²) in [6.45, 7) is 1.01. The van der Waals surface area contributed by atoms with Crippen LogP contribution in [0.5, 0.6) is 0 Å². The van der Waals surface area contributed by atoms with Crippen molar-refractivity contribution in [1.29, 1.82) is 0 Å². The van der Waals surface area contributed by atoms with Gasteiger partial charge in [0.15, 0.2) is 0 Å². The summed E-state index contributed by atoms with van der Waals surface area (Å²) in [7, 11) is 0. The van der Waals surface area contributed by atoms with Crippen molar-refractivity contribution in [3.63, 3.8) is 0 Å². The van der Waals surface area contributed by atoms with E-state index in [0.29, 0.717) is 0 Å². The second kappa shape index (κ2) is 4.00. The maximum absolute atomic E-state index is 13.0. The van der Waals surface area contributed by atoms with Crippen LogP contribution in [0.25, 0.3) is 0 Å². The minimum Gasteiger partial charge on any atom is -0.387 e. The quantitative estimate of drug-likeness (QED) is 0.801. The van der Waals surface area contributed by atoms with Crippen LogP contribution in [0.4, 0.5) is 13.2 Å². The number of aliphatic hydroxyl groups is 1. The molecule has 1 rings (SSSR count). The van der Waals surface area contributed by atoms with Crippen LogP contribution < -0.4 is 0 Å². The van der Waals surface area contributed by atoms with Gasteiger partial charge >= 0.3 is 0 Å². The predicted molar refractivity (Wildman–Crippen MR) is 46.7 cm³/mol. The van der Waals surface area contributed by atoms with Crippen LogP contribution in [-0.4, -0.2) is 17.1 Å². The number of hydrogen-bond donors (Lipinski definition) is 1. The number of rotatable bonds is 3. The number of benzene rings is 1. The molecule has 1 nitrogen and oxygen atoms in total. The fraction of sp³-hybridized carbons (Fsp3) is 0.400. The van der Waals surface area contributed by atoms with Crippen molar-refractivity contribution in [2.75, 3.05) is 0 Å². The monoisotopic (exact) mass is 204 g/mol. The molecule has 1 N–H and O–H groups in total. The molecule has 0 saturated heterocycles. The zero-order valence-corrected chi connectivity index (χ0v) is 7.67. The van der Waals surface area contributed by atoms with Gasteiger partial charge in [-0.1, -0.05) is 12.1 Å². The lowest BCUT2D eigenvalue weighted by Crippen LogP contribution is -2.33. The van der Waals surface area contributed by atoms with E-state index in [-0.39, 0.29) is 5.56 Å². The van der Waals surface area contributed by atoms with E-state index in [1.54, 1.807) is 0 Å². The molecule has 1 atom stereocenters. The molecule has 78 valence electrons. The van der Waals surface area contributed by atoms with Crippen LogP contribution in [0.1, 0.15) is 12.5 Å². The maximum atomic E-state index is 13.0. The van der Waals surface area contributed by atoms with Gasteiger partial charge in [-0.2, -0.15) is 0 Å². The molecule has 1 unspecified atom stereocenters. The van der Waals surface area contributed by atoms with Gasteiger partial charge < -0.3 is 5.11 Å². The molecule has 0 bridgehead atoms. The zero-order chi connectivity index (χ0) is 10.8.